The fraction of sp³-hybridized carbons (Fsp3) is 0.462. The van der Waals surface area contributed by atoms with Crippen molar-refractivity contribution >= 4 is 21.2 Å². The summed E-state index contributed by atoms with van der Waals surface area (Å²) >= 11 is 0. The highest BCUT2D eigenvalue weighted by Crippen LogP contribution is 2.15. The molecule has 0 atom stereocenters. The van der Waals surface area contributed by atoms with Gasteiger partial charge < -0.3 is 4.57 Å². The maximum absolute atomic E-state index is 11.6. The summed E-state index contributed by atoms with van der Waals surface area (Å²) in [6.45, 7) is 3.11. The molecule has 2 rings (SSSR count). The van der Waals surface area contributed by atoms with E-state index < -0.39 is 10.2 Å². The van der Waals surface area contributed by atoms with Gasteiger partial charge >= 0.3 is 0 Å². The number of aryl methyl sites for hydroxylation is 2. The first kappa shape index (κ1) is 15.0. The zero-order chi connectivity index (χ0) is 14.8. The van der Waals surface area contributed by atoms with Crippen molar-refractivity contribution < 1.29 is 8.42 Å². The highest BCUT2D eigenvalue weighted by Gasteiger charge is 2.12. The predicted octanol–water partition coefficient (Wildman–Crippen LogP) is 1.13. The van der Waals surface area contributed by atoms with Crippen LogP contribution in [-0.4, -0.2) is 42.9 Å². The minimum Gasteiger partial charge on any atom is -0.328 e. The molecule has 6 nitrogen and oxygen atoms in total. The van der Waals surface area contributed by atoms with Crippen LogP contribution in [0.3, 0.4) is 0 Å². The van der Waals surface area contributed by atoms with E-state index in [1.807, 2.05) is 31.2 Å². The largest absolute Gasteiger partial charge is 0.328 e. The summed E-state index contributed by atoms with van der Waals surface area (Å²) in [7, 11) is -0.314. The minimum atomic E-state index is -3.33. The van der Waals surface area contributed by atoms with Gasteiger partial charge in [-0.05, 0) is 25.5 Å². The van der Waals surface area contributed by atoms with Crippen LogP contribution in [0.4, 0.5) is 0 Å². The second-order valence-electron chi connectivity index (χ2n) is 4.83. The second-order valence-corrected chi connectivity index (χ2v) is 6.80. The molecule has 20 heavy (non-hydrogen) atoms. The molecule has 0 spiro atoms. The van der Waals surface area contributed by atoms with Crippen LogP contribution < -0.4 is 4.72 Å². The van der Waals surface area contributed by atoms with Gasteiger partial charge in [0.05, 0.1) is 11.0 Å². The van der Waals surface area contributed by atoms with Gasteiger partial charge in [0.25, 0.3) is 10.2 Å². The first-order valence-electron chi connectivity index (χ1n) is 6.51. The monoisotopic (exact) mass is 296 g/mol. The number of hydrogen-bond acceptors (Lipinski definition) is 3. The van der Waals surface area contributed by atoms with Crippen molar-refractivity contribution in [2.45, 2.75) is 19.9 Å². The Hall–Kier alpha value is -1.44. The SMILES string of the molecule is Cc1nc2ccccc2n1CCCNS(=O)(=O)N(C)C. The topological polar surface area (TPSA) is 67.2 Å². The van der Waals surface area contributed by atoms with Gasteiger partial charge in [0.2, 0.25) is 0 Å². The maximum atomic E-state index is 11.6. The number of nitrogens with zero attached hydrogens (tertiary/aromatic N) is 3. The van der Waals surface area contributed by atoms with Gasteiger partial charge in [0.1, 0.15) is 5.82 Å². The van der Waals surface area contributed by atoms with E-state index in [0.29, 0.717) is 13.0 Å². The summed E-state index contributed by atoms with van der Waals surface area (Å²) in [5.41, 5.74) is 2.05. The number of hydrogen-bond donors (Lipinski definition) is 1. The van der Waals surface area contributed by atoms with E-state index in [4.69, 9.17) is 0 Å². The van der Waals surface area contributed by atoms with Crippen molar-refractivity contribution in [3.8, 4) is 0 Å². The second kappa shape index (κ2) is 5.90. The quantitative estimate of drug-likeness (QED) is 0.813. The molecule has 1 aromatic carbocycles. The molecule has 0 aliphatic heterocycles. The van der Waals surface area contributed by atoms with Gasteiger partial charge in [-0.15, -0.1) is 0 Å². The summed E-state index contributed by atoms with van der Waals surface area (Å²) in [6, 6.07) is 7.95. The lowest BCUT2D eigenvalue weighted by atomic mass is 10.3. The van der Waals surface area contributed by atoms with Crippen LogP contribution in [0.25, 0.3) is 11.0 Å². The Labute approximate surface area is 119 Å². The summed E-state index contributed by atoms with van der Waals surface area (Å²) in [6.07, 6.45) is 0.717. The molecule has 0 radical (unpaired) electrons. The van der Waals surface area contributed by atoms with Crippen molar-refractivity contribution in [2.24, 2.45) is 0 Å². The zero-order valence-electron chi connectivity index (χ0n) is 12.0. The summed E-state index contributed by atoms with van der Waals surface area (Å²) in [5, 5.41) is 0. The van der Waals surface area contributed by atoms with E-state index in [0.717, 1.165) is 23.4 Å². The highest BCUT2D eigenvalue weighted by molar-refractivity contribution is 7.87. The van der Waals surface area contributed by atoms with E-state index in [2.05, 4.69) is 14.3 Å². The average Bonchev–Trinajstić information content (AvgIpc) is 2.70. The third kappa shape index (κ3) is 3.17. The molecule has 110 valence electrons. The first-order chi connectivity index (χ1) is 9.42. The minimum absolute atomic E-state index is 0.409. The number of fused-ring (bicyclic) bond motifs is 1. The van der Waals surface area contributed by atoms with Crippen LogP contribution in [0.15, 0.2) is 24.3 Å². The van der Waals surface area contributed by atoms with Crippen molar-refractivity contribution in [1.29, 1.82) is 0 Å². The number of rotatable bonds is 6. The smallest absolute Gasteiger partial charge is 0.278 e. The Morgan fingerprint density at radius 1 is 1.30 bits per heavy atom. The zero-order valence-corrected chi connectivity index (χ0v) is 12.8. The van der Waals surface area contributed by atoms with Gasteiger partial charge in [-0.2, -0.15) is 12.7 Å². The molecule has 7 heteroatoms. The van der Waals surface area contributed by atoms with Gasteiger partial charge in [-0.3, -0.25) is 0 Å². The lowest BCUT2D eigenvalue weighted by Gasteiger charge is -2.12. The summed E-state index contributed by atoms with van der Waals surface area (Å²) < 4.78 is 29.0. The van der Waals surface area contributed by atoms with E-state index in [1.54, 1.807) is 0 Å². The van der Waals surface area contributed by atoms with Crippen molar-refractivity contribution in [1.82, 2.24) is 18.6 Å². The number of nitrogens with one attached hydrogen (secondary N) is 1. The van der Waals surface area contributed by atoms with Gasteiger partial charge in [0.15, 0.2) is 0 Å². The molecule has 0 saturated carbocycles. The molecule has 1 N–H and O–H groups in total. The Morgan fingerprint density at radius 2 is 2.00 bits per heavy atom. The number of benzene rings is 1. The van der Waals surface area contributed by atoms with E-state index in [9.17, 15) is 8.42 Å². The van der Waals surface area contributed by atoms with E-state index in [-0.39, 0.29) is 0 Å². The van der Waals surface area contributed by atoms with Crippen molar-refractivity contribution in [3.05, 3.63) is 30.1 Å². The molecular weight excluding hydrogens is 276 g/mol. The number of aromatic nitrogens is 2. The van der Waals surface area contributed by atoms with Crippen LogP contribution in [0.1, 0.15) is 12.2 Å². The fourth-order valence-corrected chi connectivity index (χ4v) is 2.71. The molecule has 0 amide bonds. The Bertz CT molecular complexity index is 691. The normalized spacial score (nSPS) is 12.4. The van der Waals surface area contributed by atoms with Crippen LogP contribution in [0.5, 0.6) is 0 Å². The molecule has 0 aliphatic carbocycles. The average molecular weight is 296 g/mol. The van der Waals surface area contributed by atoms with Crippen molar-refractivity contribution in [2.75, 3.05) is 20.6 Å². The maximum Gasteiger partial charge on any atom is 0.278 e. The molecule has 2 aromatic rings. The molecule has 1 heterocycles. The molecule has 0 fully saturated rings. The number of para-hydroxylation sites is 2. The summed E-state index contributed by atoms with van der Waals surface area (Å²) in [5.74, 6) is 0.946. The van der Waals surface area contributed by atoms with Gasteiger partial charge in [0, 0.05) is 27.2 Å². The van der Waals surface area contributed by atoms with Crippen LogP contribution in [0.2, 0.25) is 0 Å². The van der Waals surface area contributed by atoms with Crippen LogP contribution in [-0.2, 0) is 16.8 Å². The Balaban J connectivity index is 1.99. The molecule has 0 saturated heterocycles. The van der Waals surface area contributed by atoms with Gasteiger partial charge in [-0.1, -0.05) is 12.1 Å². The molecular formula is C13H20N4O2S. The number of imidazole rings is 1. The van der Waals surface area contributed by atoms with Crippen LogP contribution >= 0.6 is 0 Å². The standard InChI is InChI=1S/C13H20N4O2S/c1-11-15-12-7-4-5-8-13(12)17(11)10-6-9-14-20(18,19)16(2)3/h4-5,7-8,14H,6,9-10H2,1-3H3. The molecule has 0 unspecified atom stereocenters. The van der Waals surface area contributed by atoms with Crippen LogP contribution in [0, 0.1) is 6.92 Å². The van der Waals surface area contributed by atoms with E-state index >= 15 is 0 Å². The molecule has 1 aromatic heterocycles. The third-order valence-corrected chi connectivity index (χ3v) is 4.70. The Kier molecular flexibility index (Phi) is 4.42. The first-order valence-corrected chi connectivity index (χ1v) is 7.95. The highest BCUT2D eigenvalue weighted by atomic mass is 32.2. The summed E-state index contributed by atoms with van der Waals surface area (Å²) in [4.78, 5) is 4.48. The third-order valence-electron chi connectivity index (χ3n) is 3.17. The predicted molar refractivity (Wildman–Crippen MR) is 79.7 cm³/mol. The lowest BCUT2D eigenvalue weighted by Crippen LogP contribution is -2.36. The van der Waals surface area contributed by atoms with E-state index in [1.165, 1.54) is 18.4 Å². The van der Waals surface area contributed by atoms with Crippen molar-refractivity contribution in [3.63, 3.8) is 0 Å². The van der Waals surface area contributed by atoms with Gasteiger partial charge in [-0.25, -0.2) is 9.71 Å². The molecule has 0 aliphatic rings. The fourth-order valence-electron chi connectivity index (χ4n) is 2.05. The lowest BCUT2D eigenvalue weighted by molar-refractivity contribution is 0.501. The molecule has 0 bridgehead atoms. The Morgan fingerprint density at radius 3 is 2.70 bits per heavy atom.